The predicted molar refractivity (Wildman–Crippen MR) is 107 cm³/mol. The van der Waals surface area contributed by atoms with Gasteiger partial charge in [0, 0.05) is 13.0 Å². The zero-order valence-corrected chi connectivity index (χ0v) is 16.7. The summed E-state index contributed by atoms with van der Waals surface area (Å²) in [6.45, 7) is 4.96. The van der Waals surface area contributed by atoms with Crippen LogP contribution < -0.4 is 0 Å². The fraction of sp³-hybridized carbons (Fsp3) is 0.263. The van der Waals surface area contributed by atoms with Crippen LogP contribution in [0, 0.1) is 0 Å². The van der Waals surface area contributed by atoms with Gasteiger partial charge in [0.1, 0.15) is 5.82 Å². The molecule has 0 fully saturated rings. The highest BCUT2D eigenvalue weighted by atomic mass is 32.2. The second kappa shape index (κ2) is 8.06. The summed E-state index contributed by atoms with van der Waals surface area (Å²) in [6, 6.07) is 14.3. The number of hydrogen-bond acceptors (Lipinski definition) is 7. The van der Waals surface area contributed by atoms with Crippen LogP contribution in [-0.2, 0) is 13.0 Å². The van der Waals surface area contributed by atoms with Crippen molar-refractivity contribution < 1.29 is 4.52 Å². The molecule has 0 saturated carbocycles. The van der Waals surface area contributed by atoms with Crippen molar-refractivity contribution in [2.75, 3.05) is 0 Å². The maximum Gasteiger partial charge on any atom is 0.240 e. The zero-order chi connectivity index (χ0) is 18.6. The molecule has 1 atom stereocenters. The molecule has 0 spiro atoms. The standard InChI is InChI=1S/C19H19N5OS2/c1-3-24-16(12-14-8-5-4-6-9-14)21-22-19(24)27-13(2)18-20-17(23-25-18)15-10-7-11-26-15/h4-11,13H,3,12H2,1-2H3. The van der Waals surface area contributed by atoms with Gasteiger partial charge in [-0.3, -0.25) is 0 Å². The quantitative estimate of drug-likeness (QED) is 0.415. The molecule has 1 unspecified atom stereocenters. The molecule has 4 rings (SSSR count). The van der Waals surface area contributed by atoms with Crippen LogP contribution in [0.5, 0.6) is 0 Å². The Labute approximate surface area is 165 Å². The van der Waals surface area contributed by atoms with Crippen molar-refractivity contribution in [1.29, 1.82) is 0 Å². The maximum atomic E-state index is 5.47. The summed E-state index contributed by atoms with van der Waals surface area (Å²) < 4.78 is 7.61. The van der Waals surface area contributed by atoms with Crippen molar-refractivity contribution in [3.8, 4) is 10.7 Å². The van der Waals surface area contributed by atoms with Crippen LogP contribution in [0.25, 0.3) is 10.7 Å². The van der Waals surface area contributed by atoms with Gasteiger partial charge in [-0.1, -0.05) is 53.3 Å². The molecule has 0 aliphatic heterocycles. The van der Waals surface area contributed by atoms with E-state index >= 15 is 0 Å². The molecular formula is C19H19N5OS2. The van der Waals surface area contributed by atoms with Crippen molar-refractivity contribution in [2.45, 2.75) is 37.2 Å². The Hall–Kier alpha value is -2.45. The number of thiophene rings is 1. The van der Waals surface area contributed by atoms with Crippen molar-refractivity contribution in [2.24, 2.45) is 0 Å². The SMILES string of the molecule is CCn1c(Cc2ccccc2)nnc1SC(C)c1nc(-c2cccs2)no1. The highest BCUT2D eigenvalue weighted by Gasteiger charge is 2.21. The van der Waals surface area contributed by atoms with Gasteiger partial charge in [-0.25, -0.2) is 0 Å². The van der Waals surface area contributed by atoms with Gasteiger partial charge in [0.05, 0.1) is 10.1 Å². The van der Waals surface area contributed by atoms with Crippen LogP contribution in [0.3, 0.4) is 0 Å². The first-order valence-electron chi connectivity index (χ1n) is 8.74. The molecule has 0 saturated heterocycles. The molecule has 0 N–H and O–H groups in total. The lowest BCUT2D eigenvalue weighted by Crippen LogP contribution is -2.04. The van der Waals surface area contributed by atoms with Crippen LogP contribution in [0.2, 0.25) is 0 Å². The summed E-state index contributed by atoms with van der Waals surface area (Å²) in [4.78, 5) is 5.54. The topological polar surface area (TPSA) is 69.6 Å². The van der Waals surface area contributed by atoms with Gasteiger partial charge < -0.3 is 9.09 Å². The normalized spacial score (nSPS) is 12.4. The molecule has 0 radical (unpaired) electrons. The van der Waals surface area contributed by atoms with Crippen LogP contribution >= 0.6 is 23.1 Å². The third kappa shape index (κ3) is 3.96. The Morgan fingerprint density at radius 1 is 1.15 bits per heavy atom. The molecule has 3 aromatic heterocycles. The molecule has 27 heavy (non-hydrogen) atoms. The van der Waals surface area contributed by atoms with E-state index in [1.807, 2.05) is 42.6 Å². The number of benzene rings is 1. The zero-order valence-electron chi connectivity index (χ0n) is 15.1. The molecule has 3 heterocycles. The highest BCUT2D eigenvalue weighted by Crippen LogP contribution is 2.34. The van der Waals surface area contributed by atoms with Gasteiger partial charge in [0.25, 0.3) is 0 Å². The van der Waals surface area contributed by atoms with E-state index in [0.717, 1.165) is 28.8 Å². The number of hydrogen-bond donors (Lipinski definition) is 0. The van der Waals surface area contributed by atoms with Gasteiger partial charge in [0.15, 0.2) is 5.16 Å². The monoisotopic (exact) mass is 397 g/mol. The molecule has 6 nitrogen and oxygen atoms in total. The van der Waals surface area contributed by atoms with E-state index in [9.17, 15) is 0 Å². The molecule has 8 heteroatoms. The van der Waals surface area contributed by atoms with Gasteiger partial charge in [-0.05, 0) is 30.9 Å². The van der Waals surface area contributed by atoms with E-state index < -0.39 is 0 Å². The number of thioether (sulfide) groups is 1. The Balaban J connectivity index is 1.50. The molecule has 1 aromatic carbocycles. The van der Waals surface area contributed by atoms with E-state index in [1.165, 1.54) is 5.56 Å². The largest absolute Gasteiger partial charge is 0.338 e. The lowest BCUT2D eigenvalue weighted by atomic mass is 10.1. The molecule has 0 aliphatic rings. The Bertz CT molecular complexity index is 994. The van der Waals surface area contributed by atoms with Gasteiger partial charge in [0.2, 0.25) is 11.7 Å². The second-order valence-electron chi connectivity index (χ2n) is 6.00. The van der Waals surface area contributed by atoms with Gasteiger partial charge >= 0.3 is 0 Å². The lowest BCUT2D eigenvalue weighted by Gasteiger charge is -2.09. The summed E-state index contributed by atoms with van der Waals surface area (Å²) in [7, 11) is 0. The highest BCUT2D eigenvalue weighted by molar-refractivity contribution is 7.99. The van der Waals surface area contributed by atoms with Crippen LogP contribution in [-0.4, -0.2) is 24.9 Å². The molecule has 4 aromatic rings. The summed E-state index contributed by atoms with van der Waals surface area (Å²) in [5.74, 6) is 2.19. The molecular weight excluding hydrogens is 378 g/mol. The minimum Gasteiger partial charge on any atom is -0.338 e. The van der Waals surface area contributed by atoms with E-state index in [2.05, 4.69) is 44.0 Å². The van der Waals surface area contributed by atoms with E-state index in [0.29, 0.717) is 11.7 Å². The van der Waals surface area contributed by atoms with E-state index in [1.54, 1.807) is 23.1 Å². The van der Waals surface area contributed by atoms with Crippen molar-refractivity contribution in [1.82, 2.24) is 24.9 Å². The summed E-state index contributed by atoms with van der Waals surface area (Å²) in [5, 5.41) is 15.7. The van der Waals surface area contributed by atoms with Gasteiger partial charge in [-0.2, -0.15) is 4.98 Å². The first-order valence-corrected chi connectivity index (χ1v) is 10.5. The average Bonchev–Trinajstić information content (AvgIpc) is 3.43. The fourth-order valence-corrected chi connectivity index (χ4v) is 4.36. The van der Waals surface area contributed by atoms with Crippen LogP contribution in [0.1, 0.15) is 36.4 Å². The van der Waals surface area contributed by atoms with Crippen LogP contribution in [0.4, 0.5) is 0 Å². The first kappa shape index (κ1) is 17.9. The number of aromatic nitrogens is 5. The molecule has 0 amide bonds. The second-order valence-corrected chi connectivity index (χ2v) is 8.25. The fourth-order valence-electron chi connectivity index (χ4n) is 2.75. The van der Waals surface area contributed by atoms with Crippen molar-refractivity contribution >= 4 is 23.1 Å². The Morgan fingerprint density at radius 2 is 2.00 bits per heavy atom. The summed E-state index contributed by atoms with van der Waals surface area (Å²) in [6.07, 6.45) is 0.764. The van der Waals surface area contributed by atoms with E-state index in [4.69, 9.17) is 4.52 Å². The predicted octanol–water partition coefficient (Wildman–Crippen LogP) is 4.85. The Kier molecular flexibility index (Phi) is 5.35. The summed E-state index contributed by atoms with van der Waals surface area (Å²) >= 11 is 3.18. The number of rotatable bonds is 7. The smallest absolute Gasteiger partial charge is 0.240 e. The van der Waals surface area contributed by atoms with Crippen molar-refractivity contribution in [3.63, 3.8) is 0 Å². The average molecular weight is 398 g/mol. The number of nitrogens with zero attached hydrogens (tertiary/aromatic N) is 5. The third-order valence-electron chi connectivity index (χ3n) is 4.13. The van der Waals surface area contributed by atoms with Gasteiger partial charge in [-0.15, -0.1) is 21.5 Å². The molecule has 0 aliphatic carbocycles. The molecule has 138 valence electrons. The lowest BCUT2D eigenvalue weighted by molar-refractivity contribution is 0.380. The third-order valence-corrected chi connectivity index (χ3v) is 6.06. The first-order chi connectivity index (χ1) is 13.2. The minimum absolute atomic E-state index is 0.00899. The Morgan fingerprint density at radius 3 is 2.74 bits per heavy atom. The minimum atomic E-state index is -0.00899. The van der Waals surface area contributed by atoms with Crippen LogP contribution in [0.15, 0.2) is 57.5 Å². The summed E-state index contributed by atoms with van der Waals surface area (Å²) in [5.41, 5.74) is 1.22. The van der Waals surface area contributed by atoms with E-state index in [-0.39, 0.29) is 5.25 Å². The maximum absolute atomic E-state index is 5.47. The van der Waals surface area contributed by atoms with Crippen molar-refractivity contribution in [3.05, 3.63) is 65.1 Å². The molecule has 0 bridgehead atoms.